The van der Waals surface area contributed by atoms with Gasteiger partial charge in [0.15, 0.2) is 5.82 Å². The lowest BCUT2D eigenvalue weighted by molar-refractivity contribution is 0.115. The van der Waals surface area contributed by atoms with Gasteiger partial charge in [-0.2, -0.15) is 4.98 Å². The normalized spacial score (nSPS) is 18.8. The summed E-state index contributed by atoms with van der Waals surface area (Å²) in [4.78, 5) is 17.6. The minimum atomic E-state index is -0.239. The van der Waals surface area contributed by atoms with Crippen LogP contribution >= 0.6 is 0 Å². The summed E-state index contributed by atoms with van der Waals surface area (Å²) >= 11 is 0. The molecule has 2 rings (SSSR count). The highest BCUT2D eigenvalue weighted by atomic mass is 16.6. The zero-order valence-corrected chi connectivity index (χ0v) is 12.3. The molecule has 0 saturated carbocycles. The maximum Gasteiger partial charge on any atom is 0.409 e. The summed E-state index contributed by atoms with van der Waals surface area (Å²) in [6, 6.07) is 0.244. The highest BCUT2D eigenvalue weighted by Crippen LogP contribution is 2.12. The standard InChI is InChI=1S/C13H22N4O3/c1-4-19-13(18)17-6-5-10(8-17)14-7-11-15-12(9(2)3)16-20-11/h9-10,14H,4-8H2,1-3H3. The molecule has 1 unspecified atom stereocenters. The van der Waals surface area contributed by atoms with Gasteiger partial charge in [-0.1, -0.05) is 19.0 Å². The summed E-state index contributed by atoms with van der Waals surface area (Å²) < 4.78 is 10.2. The van der Waals surface area contributed by atoms with Crippen molar-refractivity contribution in [3.05, 3.63) is 11.7 Å². The maximum absolute atomic E-state index is 11.6. The molecule has 1 aliphatic heterocycles. The Balaban J connectivity index is 1.76. The summed E-state index contributed by atoms with van der Waals surface area (Å²) in [6.07, 6.45) is 0.668. The summed E-state index contributed by atoms with van der Waals surface area (Å²) in [5.41, 5.74) is 0. The number of aromatic nitrogens is 2. The molecule has 1 atom stereocenters. The van der Waals surface area contributed by atoms with E-state index >= 15 is 0 Å². The van der Waals surface area contributed by atoms with Crippen molar-refractivity contribution in [3.63, 3.8) is 0 Å². The van der Waals surface area contributed by atoms with E-state index in [0.717, 1.165) is 18.8 Å². The summed E-state index contributed by atoms with van der Waals surface area (Å²) in [5.74, 6) is 1.57. The first kappa shape index (κ1) is 14.8. The van der Waals surface area contributed by atoms with Gasteiger partial charge in [-0.15, -0.1) is 0 Å². The number of carbonyl (C=O) groups is 1. The molecule has 0 radical (unpaired) electrons. The van der Waals surface area contributed by atoms with Crippen molar-refractivity contribution in [2.75, 3.05) is 19.7 Å². The van der Waals surface area contributed by atoms with Crippen LogP contribution in [0.1, 0.15) is 44.8 Å². The zero-order valence-electron chi connectivity index (χ0n) is 12.3. The molecule has 1 amide bonds. The fraction of sp³-hybridized carbons (Fsp3) is 0.769. The van der Waals surface area contributed by atoms with Crippen LogP contribution in [-0.4, -0.2) is 46.9 Å². The molecular formula is C13H22N4O3. The highest BCUT2D eigenvalue weighted by molar-refractivity contribution is 5.68. The van der Waals surface area contributed by atoms with Gasteiger partial charge in [-0.05, 0) is 13.3 Å². The lowest BCUT2D eigenvalue weighted by atomic mass is 10.2. The molecule has 1 N–H and O–H groups in total. The van der Waals surface area contributed by atoms with Gasteiger partial charge in [0.05, 0.1) is 13.2 Å². The lowest BCUT2D eigenvalue weighted by Gasteiger charge is -2.15. The van der Waals surface area contributed by atoms with Gasteiger partial charge in [0.25, 0.3) is 0 Å². The van der Waals surface area contributed by atoms with Crippen LogP contribution in [-0.2, 0) is 11.3 Å². The molecule has 1 fully saturated rings. The van der Waals surface area contributed by atoms with Gasteiger partial charge in [0, 0.05) is 25.0 Å². The number of hydrogen-bond donors (Lipinski definition) is 1. The highest BCUT2D eigenvalue weighted by Gasteiger charge is 2.27. The van der Waals surface area contributed by atoms with Crippen LogP contribution in [0.5, 0.6) is 0 Å². The number of ether oxygens (including phenoxy) is 1. The molecule has 0 aliphatic carbocycles. The van der Waals surface area contributed by atoms with Gasteiger partial charge in [-0.25, -0.2) is 4.79 Å². The fourth-order valence-corrected chi connectivity index (χ4v) is 2.11. The quantitative estimate of drug-likeness (QED) is 0.881. The van der Waals surface area contributed by atoms with Crippen LogP contribution < -0.4 is 5.32 Å². The SMILES string of the molecule is CCOC(=O)N1CCC(NCc2nc(C(C)C)no2)C1. The Morgan fingerprint density at radius 3 is 3.05 bits per heavy atom. The second-order valence-corrected chi connectivity index (χ2v) is 5.21. The predicted molar refractivity (Wildman–Crippen MR) is 72.2 cm³/mol. The summed E-state index contributed by atoms with van der Waals surface area (Å²) in [5, 5.41) is 7.25. The first-order chi connectivity index (χ1) is 9.60. The monoisotopic (exact) mass is 282 g/mol. The largest absolute Gasteiger partial charge is 0.450 e. The van der Waals surface area contributed by atoms with Gasteiger partial charge in [0.2, 0.25) is 5.89 Å². The third-order valence-electron chi connectivity index (χ3n) is 3.26. The molecule has 20 heavy (non-hydrogen) atoms. The Morgan fingerprint density at radius 2 is 2.40 bits per heavy atom. The van der Waals surface area contributed by atoms with Crippen molar-refractivity contribution in [1.82, 2.24) is 20.4 Å². The van der Waals surface area contributed by atoms with Crippen molar-refractivity contribution in [2.24, 2.45) is 0 Å². The Morgan fingerprint density at radius 1 is 1.60 bits per heavy atom. The number of nitrogens with zero attached hydrogens (tertiary/aromatic N) is 3. The van der Waals surface area contributed by atoms with Gasteiger partial charge in [-0.3, -0.25) is 0 Å². The minimum absolute atomic E-state index is 0.239. The molecule has 1 aromatic rings. The molecule has 0 aromatic carbocycles. The van der Waals surface area contributed by atoms with Crippen LogP contribution in [0.4, 0.5) is 4.79 Å². The van der Waals surface area contributed by atoms with Crippen molar-refractivity contribution in [2.45, 2.75) is 45.7 Å². The molecule has 1 aromatic heterocycles. The predicted octanol–water partition coefficient (Wildman–Crippen LogP) is 1.51. The topological polar surface area (TPSA) is 80.5 Å². The van der Waals surface area contributed by atoms with E-state index in [9.17, 15) is 4.79 Å². The average Bonchev–Trinajstić information content (AvgIpc) is 3.06. The second kappa shape index (κ2) is 6.69. The van der Waals surface area contributed by atoms with Crippen molar-refractivity contribution < 1.29 is 14.1 Å². The van der Waals surface area contributed by atoms with E-state index in [1.807, 2.05) is 20.8 Å². The summed E-state index contributed by atoms with van der Waals surface area (Å²) in [7, 11) is 0. The van der Waals surface area contributed by atoms with Crippen LogP contribution in [0.2, 0.25) is 0 Å². The molecule has 1 aliphatic rings. The molecule has 0 spiro atoms. The van der Waals surface area contributed by atoms with E-state index in [0.29, 0.717) is 25.6 Å². The second-order valence-electron chi connectivity index (χ2n) is 5.21. The third-order valence-corrected chi connectivity index (χ3v) is 3.26. The minimum Gasteiger partial charge on any atom is -0.450 e. The smallest absolute Gasteiger partial charge is 0.409 e. The van der Waals surface area contributed by atoms with E-state index in [2.05, 4.69) is 15.5 Å². The molecule has 2 heterocycles. The number of hydrogen-bond acceptors (Lipinski definition) is 6. The molecule has 7 nitrogen and oxygen atoms in total. The number of carbonyl (C=O) groups excluding carboxylic acids is 1. The Bertz CT molecular complexity index is 447. The van der Waals surface area contributed by atoms with E-state index in [1.54, 1.807) is 4.90 Å². The Hall–Kier alpha value is -1.63. The molecule has 112 valence electrons. The molecule has 7 heteroatoms. The van der Waals surface area contributed by atoms with Gasteiger partial charge >= 0.3 is 6.09 Å². The summed E-state index contributed by atoms with van der Waals surface area (Å²) in [6.45, 7) is 8.17. The molecular weight excluding hydrogens is 260 g/mol. The number of amides is 1. The number of likely N-dealkylation sites (tertiary alicyclic amines) is 1. The van der Waals surface area contributed by atoms with Crippen LogP contribution in [0, 0.1) is 0 Å². The fourth-order valence-electron chi connectivity index (χ4n) is 2.11. The Kier molecular flexibility index (Phi) is 4.94. The van der Waals surface area contributed by atoms with Crippen LogP contribution in [0.3, 0.4) is 0 Å². The van der Waals surface area contributed by atoms with E-state index in [-0.39, 0.29) is 18.1 Å². The van der Waals surface area contributed by atoms with Crippen molar-refractivity contribution in [1.29, 1.82) is 0 Å². The maximum atomic E-state index is 11.6. The Labute approximate surface area is 118 Å². The van der Waals surface area contributed by atoms with Crippen molar-refractivity contribution in [3.8, 4) is 0 Å². The van der Waals surface area contributed by atoms with E-state index < -0.39 is 0 Å². The van der Waals surface area contributed by atoms with E-state index in [4.69, 9.17) is 9.26 Å². The zero-order chi connectivity index (χ0) is 14.5. The van der Waals surface area contributed by atoms with Gasteiger partial charge < -0.3 is 19.5 Å². The first-order valence-corrected chi connectivity index (χ1v) is 7.07. The lowest BCUT2D eigenvalue weighted by Crippen LogP contribution is -2.35. The average molecular weight is 282 g/mol. The van der Waals surface area contributed by atoms with Crippen molar-refractivity contribution >= 4 is 6.09 Å². The molecule has 1 saturated heterocycles. The first-order valence-electron chi connectivity index (χ1n) is 7.07. The number of nitrogens with one attached hydrogen (secondary N) is 1. The van der Waals surface area contributed by atoms with E-state index in [1.165, 1.54) is 0 Å². The molecule has 0 bridgehead atoms. The number of rotatable bonds is 5. The van der Waals surface area contributed by atoms with Crippen LogP contribution in [0.15, 0.2) is 4.52 Å². The third kappa shape index (κ3) is 3.69. The van der Waals surface area contributed by atoms with Crippen LogP contribution in [0.25, 0.3) is 0 Å². The van der Waals surface area contributed by atoms with Gasteiger partial charge in [0.1, 0.15) is 0 Å².